The van der Waals surface area contributed by atoms with Crippen LogP contribution < -0.4 is 14.8 Å². The number of ether oxygens (including phenoxy) is 2. The number of hydrogen-bond acceptors (Lipinski definition) is 4. The first-order valence-electron chi connectivity index (χ1n) is 6.40. The van der Waals surface area contributed by atoms with Crippen LogP contribution in [0.5, 0.6) is 17.2 Å². The number of nitrogens with one attached hydrogen (secondary N) is 1. The van der Waals surface area contributed by atoms with E-state index < -0.39 is 12.5 Å². The molecule has 0 spiro atoms. The Hall–Kier alpha value is -2.54. The van der Waals surface area contributed by atoms with E-state index in [0.717, 1.165) is 0 Å². The number of aromatic hydroxyl groups is 1. The van der Waals surface area contributed by atoms with E-state index in [1.54, 1.807) is 12.1 Å². The first-order valence-corrected chi connectivity index (χ1v) is 6.78. The van der Waals surface area contributed by atoms with Crippen molar-refractivity contribution >= 4 is 23.2 Å². The van der Waals surface area contributed by atoms with Gasteiger partial charge in [0, 0.05) is 5.69 Å². The average Bonchev–Trinajstić information content (AvgIpc) is 2.49. The Labute approximate surface area is 135 Å². The van der Waals surface area contributed by atoms with Gasteiger partial charge in [-0.25, -0.2) is 0 Å². The molecule has 23 heavy (non-hydrogen) atoms. The summed E-state index contributed by atoms with van der Waals surface area (Å²) in [6, 6.07) is 10.1. The number of para-hydroxylation sites is 2. The van der Waals surface area contributed by atoms with Crippen molar-refractivity contribution in [3.63, 3.8) is 0 Å². The van der Waals surface area contributed by atoms with Crippen LogP contribution in [0.25, 0.3) is 0 Å². The van der Waals surface area contributed by atoms with E-state index in [4.69, 9.17) is 16.3 Å². The quantitative estimate of drug-likeness (QED) is 0.840. The second-order valence-corrected chi connectivity index (χ2v) is 4.74. The van der Waals surface area contributed by atoms with Crippen molar-refractivity contribution < 1.29 is 28.2 Å². The van der Waals surface area contributed by atoms with Crippen LogP contribution in [0.15, 0.2) is 42.5 Å². The van der Waals surface area contributed by atoms with Crippen LogP contribution in [0.1, 0.15) is 0 Å². The van der Waals surface area contributed by atoms with Crippen molar-refractivity contribution in [2.45, 2.75) is 6.61 Å². The fourth-order valence-corrected chi connectivity index (χ4v) is 1.91. The third kappa shape index (κ3) is 5.00. The van der Waals surface area contributed by atoms with Gasteiger partial charge in [0.2, 0.25) is 0 Å². The maximum Gasteiger partial charge on any atom is 0.387 e. The number of amides is 1. The number of hydrogen-bond donors (Lipinski definition) is 2. The maximum atomic E-state index is 12.1. The van der Waals surface area contributed by atoms with Gasteiger partial charge in [-0.2, -0.15) is 8.78 Å². The molecule has 0 aliphatic heterocycles. The lowest BCUT2D eigenvalue weighted by molar-refractivity contribution is -0.118. The van der Waals surface area contributed by atoms with Crippen molar-refractivity contribution in [2.24, 2.45) is 0 Å². The van der Waals surface area contributed by atoms with Gasteiger partial charge in [-0.15, -0.1) is 0 Å². The highest BCUT2D eigenvalue weighted by atomic mass is 35.5. The molecule has 0 atom stereocenters. The molecule has 0 bridgehead atoms. The van der Waals surface area contributed by atoms with Crippen molar-refractivity contribution in [3.8, 4) is 17.2 Å². The zero-order valence-corrected chi connectivity index (χ0v) is 12.4. The summed E-state index contributed by atoms with van der Waals surface area (Å²) in [6.45, 7) is -3.33. The molecule has 5 nitrogen and oxygen atoms in total. The molecular formula is C15H12ClF2NO4. The third-order valence-electron chi connectivity index (χ3n) is 2.66. The van der Waals surface area contributed by atoms with Crippen LogP contribution in [0, 0.1) is 0 Å². The second kappa shape index (κ2) is 7.64. The zero-order chi connectivity index (χ0) is 16.8. The summed E-state index contributed by atoms with van der Waals surface area (Å²) in [5.41, 5.74) is 0.294. The van der Waals surface area contributed by atoms with Crippen molar-refractivity contribution in [1.82, 2.24) is 0 Å². The molecule has 0 heterocycles. The number of phenolic OH excluding ortho intramolecular Hbond substituents is 1. The number of anilines is 1. The van der Waals surface area contributed by atoms with Crippen LogP contribution in [0.3, 0.4) is 0 Å². The SMILES string of the molecule is O=C(COc1ccccc1O)Nc1ccc(OC(F)F)c(Cl)c1. The second-order valence-electron chi connectivity index (χ2n) is 4.33. The lowest BCUT2D eigenvalue weighted by Crippen LogP contribution is -2.20. The van der Waals surface area contributed by atoms with Gasteiger partial charge in [0.25, 0.3) is 5.91 Å². The van der Waals surface area contributed by atoms with E-state index >= 15 is 0 Å². The highest BCUT2D eigenvalue weighted by molar-refractivity contribution is 6.32. The Kier molecular flexibility index (Phi) is 5.59. The van der Waals surface area contributed by atoms with E-state index in [-0.39, 0.29) is 28.9 Å². The fraction of sp³-hybridized carbons (Fsp3) is 0.133. The Morgan fingerprint density at radius 1 is 1.22 bits per heavy atom. The van der Waals surface area contributed by atoms with Crippen LogP contribution in [-0.2, 0) is 4.79 Å². The van der Waals surface area contributed by atoms with Gasteiger partial charge >= 0.3 is 6.61 Å². The number of halogens is 3. The number of rotatable bonds is 6. The first kappa shape index (κ1) is 16.8. The third-order valence-corrected chi connectivity index (χ3v) is 2.95. The van der Waals surface area contributed by atoms with Gasteiger partial charge in [0.15, 0.2) is 18.1 Å². The zero-order valence-electron chi connectivity index (χ0n) is 11.6. The highest BCUT2D eigenvalue weighted by Gasteiger charge is 2.11. The summed E-state index contributed by atoms with van der Waals surface area (Å²) in [6.07, 6.45) is 0. The van der Waals surface area contributed by atoms with E-state index in [9.17, 15) is 18.7 Å². The van der Waals surface area contributed by atoms with Crippen LogP contribution in [0.4, 0.5) is 14.5 Å². The number of phenols is 1. The molecule has 2 aromatic carbocycles. The molecule has 2 N–H and O–H groups in total. The lowest BCUT2D eigenvalue weighted by Gasteiger charge is -2.10. The van der Waals surface area contributed by atoms with Crippen LogP contribution in [0.2, 0.25) is 5.02 Å². The lowest BCUT2D eigenvalue weighted by atomic mass is 10.3. The Balaban J connectivity index is 1.93. The minimum absolute atomic E-state index is 0.0651. The molecule has 0 aliphatic carbocycles. The van der Waals surface area contributed by atoms with Crippen molar-refractivity contribution in [3.05, 3.63) is 47.5 Å². The summed E-state index contributed by atoms with van der Waals surface area (Å²) in [7, 11) is 0. The molecule has 0 radical (unpaired) electrons. The summed E-state index contributed by atoms with van der Waals surface area (Å²) >= 11 is 5.78. The molecule has 2 aromatic rings. The molecule has 122 valence electrons. The van der Waals surface area contributed by atoms with Gasteiger partial charge in [0.05, 0.1) is 5.02 Å². The standard InChI is InChI=1S/C15H12ClF2NO4/c16-10-7-9(5-6-12(10)23-15(17)18)19-14(21)8-22-13-4-2-1-3-11(13)20/h1-7,15,20H,8H2,(H,19,21). The van der Waals surface area contributed by atoms with Crippen LogP contribution >= 0.6 is 11.6 Å². The summed E-state index contributed by atoms with van der Waals surface area (Å²) in [4.78, 5) is 11.8. The van der Waals surface area contributed by atoms with Gasteiger partial charge in [0.1, 0.15) is 5.75 Å². The largest absolute Gasteiger partial charge is 0.504 e. The molecule has 0 unspecified atom stereocenters. The van der Waals surface area contributed by atoms with Gasteiger partial charge < -0.3 is 19.9 Å². The number of carbonyl (C=O) groups excluding carboxylic acids is 1. The minimum atomic E-state index is -2.99. The molecule has 0 aromatic heterocycles. The van der Waals surface area contributed by atoms with E-state index in [0.29, 0.717) is 5.69 Å². The maximum absolute atomic E-state index is 12.1. The molecule has 2 rings (SSSR count). The Morgan fingerprint density at radius 2 is 1.96 bits per heavy atom. The predicted molar refractivity (Wildman–Crippen MR) is 80.3 cm³/mol. The monoisotopic (exact) mass is 343 g/mol. The molecule has 0 fully saturated rings. The van der Waals surface area contributed by atoms with E-state index in [1.165, 1.54) is 30.3 Å². The van der Waals surface area contributed by atoms with Crippen molar-refractivity contribution in [1.29, 1.82) is 0 Å². The van der Waals surface area contributed by atoms with Gasteiger partial charge in [-0.1, -0.05) is 23.7 Å². The summed E-state index contributed by atoms with van der Waals surface area (Å²) < 4.78 is 33.6. The minimum Gasteiger partial charge on any atom is -0.504 e. The van der Waals surface area contributed by atoms with E-state index in [2.05, 4.69) is 10.1 Å². The van der Waals surface area contributed by atoms with Gasteiger partial charge in [-0.3, -0.25) is 4.79 Å². The number of carbonyl (C=O) groups is 1. The molecule has 8 heteroatoms. The summed E-state index contributed by atoms with van der Waals surface area (Å²) in [5.74, 6) is -0.616. The smallest absolute Gasteiger partial charge is 0.387 e. The average molecular weight is 344 g/mol. The van der Waals surface area contributed by atoms with Crippen molar-refractivity contribution in [2.75, 3.05) is 11.9 Å². The molecular weight excluding hydrogens is 332 g/mol. The molecule has 0 saturated heterocycles. The highest BCUT2D eigenvalue weighted by Crippen LogP contribution is 2.29. The number of alkyl halides is 2. The van der Waals surface area contributed by atoms with Gasteiger partial charge in [-0.05, 0) is 30.3 Å². The number of benzene rings is 2. The Morgan fingerprint density at radius 3 is 2.61 bits per heavy atom. The molecule has 0 aliphatic rings. The fourth-order valence-electron chi connectivity index (χ4n) is 1.69. The topological polar surface area (TPSA) is 67.8 Å². The predicted octanol–water partition coefficient (Wildman–Crippen LogP) is 3.66. The molecule has 1 amide bonds. The Bertz CT molecular complexity index is 697. The van der Waals surface area contributed by atoms with E-state index in [1.807, 2.05) is 0 Å². The summed E-state index contributed by atoms with van der Waals surface area (Å²) in [5, 5.41) is 11.9. The normalized spacial score (nSPS) is 10.4. The van der Waals surface area contributed by atoms with Crippen LogP contribution in [-0.4, -0.2) is 24.2 Å². The molecule has 0 saturated carbocycles. The first-order chi connectivity index (χ1) is 11.0.